The molecule has 11 N–H and O–H groups in total. The molecule has 0 amide bonds. The number of hydrogen-bond donors (Lipinski definition) is 11. The van der Waals surface area contributed by atoms with Crippen molar-refractivity contribution in [2.24, 2.45) is 0 Å². The molecule has 19 nitrogen and oxygen atoms in total. The van der Waals surface area contributed by atoms with Gasteiger partial charge in [0.2, 0.25) is 0 Å². The maximum atomic E-state index is 12.5. The fourth-order valence-electron chi connectivity index (χ4n) is 3.79. The summed E-state index contributed by atoms with van der Waals surface area (Å²) < 4.78 is 36.3. The van der Waals surface area contributed by atoms with Crippen molar-refractivity contribution in [1.82, 2.24) is 14.3 Å². The summed E-state index contributed by atoms with van der Waals surface area (Å²) in [6, 6.07) is 0.217. The maximum absolute atomic E-state index is 12.5. The van der Waals surface area contributed by atoms with E-state index in [9.17, 15) is 39.8 Å². The van der Waals surface area contributed by atoms with Crippen molar-refractivity contribution < 1.29 is 68.5 Å². The number of phosphoric acid groups is 1. The van der Waals surface area contributed by atoms with Crippen LogP contribution in [0.15, 0.2) is 17.1 Å². The molecule has 2 saturated heterocycles. The number of aliphatic hydroxyl groups excluding tert-OH is 6. The molecule has 0 aliphatic carbocycles. The predicted molar refractivity (Wildman–Crippen MR) is 133 cm³/mol. The standard InChI is InChI=1S/C17H29N4O13PS.C2H4O2/c18-9-1-2-21(17(28)19-9)16-14(27)13(26)8(32-16)5-31-35(29,30)34-10-3-6(23)11(20-36)15(33-10)12(25)7(24)4-22;1-2(3)4/h1-2,6-8,10-16,20,22-27,36H,3-5H2,(H,29,30)(H2,18,19,28);1H3,(H,3,4). The zero-order chi connectivity index (χ0) is 30.4. The number of aliphatic hydroxyl groups is 6. The molecule has 1 aromatic rings. The van der Waals surface area contributed by atoms with Crippen molar-refractivity contribution in [3.05, 3.63) is 22.7 Å². The van der Waals surface area contributed by atoms with E-state index in [4.69, 9.17) is 39.3 Å². The lowest BCUT2D eigenvalue weighted by molar-refractivity contribution is -0.229. The van der Waals surface area contributed by atoms with Gasteiger partial charge in [-0.1, -0.05) is 12.8 Å². The number of carboxylic acids is 1. The molecule has 3 rings (SSSR count). The number of nitrogens with zero attached hydrogens (tertiary/aromatic N) is 2. The number of ether oxygens (including phenoxy) is 2. The second-order valence-electron chi connectivity index (χ2n) is 8.71. The molecule has 2 aliphatic rings. The second-order valence-corrected chi connectivity index (χ2v) is 10.4. The Kier molecular flexibility index (Phi) is 12.9. The molecular weight excluding hydrogens is 587 g/mol. The molecular formula is C19H33N4O15PS. The zero-order valence-electron chi connectivity index (χ0n) is 20.9. The van der Waals surface area contributed by atoms with Crippen molar-refractivity contribution in [2.75, 3.05) is 18.9 Å². The topological polar surface area (TPSA) is 306 Å². The Balaban J connectivity index is 0.00000131. The quantitative estimate of drug-likeness (QED) is 0.0870. The Morgan fingerprint density at radius 3 is 2.50 bits per heavy atom. The summed E-state index contributed by atoms with van der Waals surface area (Å²) in [5.41, 5.74) is 4.55. The van der Waals surface area contributed by atoms with Gasteiger partial charge in [0, 0.05) is 19.5 Å². The number of nitrogens with two attached hydrogens (primary N) is 1. The number of anilines is 1. The van der Waals surface area contributed by atoms with Gasteiger partial charge in [0.1, 0.15) is 42.4 Å². The Morgan fingerprint density at radius 2 is 1.95 bits per heavy atom. The number of hydrogen-bond acceptors (Lipinski definition) is 17. The third-order valence-electron chi connectivity index (χ3n) is 5.69. The van der Waals surface area contributed by atoms with E-state index in [0.29, 0.717) is 0 Å². The summed E-state index contributed by atoms with van der Waals surface area (Å²) in [6.07, 6.45) is -12.9. The first-order valence-electron chi connectivity index (χ1n) is 11.5. The summed E-state index contributed by atoms with van der Waals surface area (Å²) in [5, 5.41) is 67.2. The number of nitrogen functional groups attached to an aromatic ring is 1. The molecule has 3 heterocycles. The molecule has 1 aromatic heterocycles. The van der Waals surface area contributed by atoms with E-state index < -0.39 is 94.0 Å². The third kappa shape index (κ3) is 9.13. The fraction of sp³-hybridized carbons (Fsp3) is 0.737. The van der Waals surface area contributed by atoms with Crippen molar-refractivity contribution in [2.45, 2.75) is 74.6 Å². The van der Waals surface area contributed by atoms with Crippen LogP contribution in [0.1, 0.15) is 19.6 Å². The van der Waals surface area contributed by atoms with E-state index in [1.54, 1.807) is 0 Å². The average molecular weight is 621 g/mol. The van der Waals surface area contributed by atoms with Crippen LogP contribution in [0.3, 0.4) is 0 Å². The minimum atomic E-state index is -4.95. The van der Waals surface area contributed by atoms with Crippen LogP contribution in [0.5, 0.6) is 0 Å². The normalized spacial score (nSPS) is 33.3. The van der Waals surface area contributed by atoms with Gasteiger partial charge in [0.05, 0.1) is 25.4 Å². The van der Waals surface area contributed by atoms with Gasteiger partial charge in [-0.3, -0.25) is 23.1 Å². The lowest BCUT2D eigenvalue weighted by atomic mass is 9.93. The van der Waals surface area contributed by atoms with Gasteiger partial charge in [0.25, 0.3) is 5.97 Å². The van der Waals surface area contributed by atoms with Gasteiger partial charge in [-0.05, 0) is 6.07 Å². The van der Waals surface area contributed by atoms with Crippen LogP contribution in [0.25, 0.3) is 0 Å². The molecule has 0 bridgehead atoms. The zero-order valence-corrected chi connectivity index (χ0v) is 22.6. The maximum Gasteiger partial charge on any atom is 0.474 e. The lowest BCUT2D eigenvalue weighted by Crippen LogP contribution is -2.60. The minimum Gasteiger partial charge on any atom is -0.481 e. The van der Waals surface area contributed by atoms with Crippen LogP contribution in [0, 0.1) is 0 Å². The van der Waals surface area contributed by atoms with E-state index in [1.807, 2.05) is 0 Å². The monoisotopic (exact) mass is 620 g/mol. The van der Waals surface area contributed by atoms with Gasteiger partial charge in [0.15, 0.2) is 12.5 Å². The van der Waals surface area contributed by atoms with Gasteiger partial charge in [-0.2, -0.15) is 4.98 Å². The largest absolute Gasteiger partial charge is 0.481 e. The molecule has 11 atom stereocenters. The van der Waals surface area contributed by atoms with Crippen LogP contribution in [-0.2, 0) is 27.9 Å². The number of rotatable bonds is 10. The minimum absolute atomic E-state index is 0.0744. The second kappa shape index (κ2) is 14.9. The highest BCUT2D eigenvalue weighted by atomic mass is 32.1. The Bertz CT molecular complexity index is 1080. The first-order chi connectivity index (χ1) is 18.6. The van der Waals surface area contributed by atoms with Crippen molar-refractivity contribution in [3.63, 3.8) is 0 Å². The van der Waals surface area contributed by atoms with Crippen LogP contribution in [0.4, 0.5) is 5.82 Å². The molecule has 0 radical (unpaired) electrons. The summed E-state index contributed by atoms with van der Waals surface area (Å²) in [6.45, 7) is -0.524. The SMILES string of the molecule is CC(=O)O.Nc1ccn(C2OC(COP(=O)(O)OC3CC(O)C(NS)C(C(O)C(O)CO)O3)C(O)C2O)c(=O)n1. The number of carbonyl (C=O) groups is 1. The molecule has 11 unspecified atom stereocenters. The molecule has 2 fully saturated rings. The lowest BCUT2D eigenvalue weighted by Gasteiger charge is -2.41. The van der Waals surface area contributed by atoms with Crippen LogP contribution >= 0.6 is 20.6 Å². The van der Waals surface area contributed by atoms with Crippen LogP contribution in [-0.4, -0.2) is 124 Å². The smallest absolute Gasteiger partial charge is 0.474 e. The highest BCUT2D eigenvalue weighted by Gasteiger charge is 2.47. The van der Waals surface area contributed by atoms with E-state index in [-0.39, 0.29) is 12.2 Å². The number of aliphatic carboxylic acids is 1. The molecule has 0 spiro atoms. The first kappa shape index (κ1) is 34.5. The number of aromatic nitrogens is 2. The van der Waals surface area contributed by atoms with E-state index in [2.05, 4.69) is 22.5 Å². The van der Waals surface area contributed by atoms with E-state index >= 15 is 0 Å². The highest BCUT2D eigenvalue weighted by Crippen LogP contribution is 2.47. The Labute approximate surface area is 231 Å². The molecule has 0 saturated carbocycles. The predicted octanol–water partition coefficient (Wildman–Crippen LogP) is -4.34. The van der Waals surface area contributed by atoms with E-state index in [0.717, 1.165) is 11.5 Å². The first-order valence-corrected chi connectivity index (χ1v) is 13.5. The molecule has 230 valence electrons. The van der Waals surface area contributed by atoms with Crippen molar-refractivity contribution in [1.29, 1.82) is 0 Å². The van der Waals surface area contributed by atoms with Crippen LogP contribution in [0.2, 0.25) is 0 Å². The number of thiol groups is 1. The number of nitrogens with one attached hydrogen (secondary N) is 1. The van der Waals surface area contributed by atoms with E-state index in [1.165, 1.54) is 12.3 Å². The Morgan fingerprint density at radius 1 is 1.32 bits per heavy atom. The molecule has 40 heavy (non-hydrogen) atoms. The molecule has 21 heteroatoms. The summed E-state index contributed by atoms with van der Waals surface area (Å²) in [7, 11) is -4.95. The summed E-state index contributed by atoms with van der Waals surface area (Å²) in [4.78, 5) is 34.6. The molecule has 0 aromatic carbocycles. The number of phosphoric ester groups is 1. The van der Waals surface area contributed by atoms with Crippen molar-refractivity contribution in [3.8, 4) is 0 Å². The highest BCUT2D eigenvalue weighted by molar-refractivity contribution is 7.78. The third-order valence-corrected chi connectivity index (χ3v) is 6.97. The van der Waals surface area contributed by atoms with Gasteiger partial charge in [-0.25, -0.2) is 9.36 Å². The molecule has 2 aliphatic heterocycles. The van der Waals surface area contributed by atoms with Crippen LogP contribution < -0.4 is 16.1 Å². The van der Waals surface area contributed by atoms with Gasteiger partial charge in [-0.15, -0.1) is 0 Å². The van der Waals surface area contributed by atoms with Crippen molar-refractivity contribution >= 4 is 32.4 Å². The number of carboxylic acid groups (broad SMARTS) is 1. The van der Waals surface area contributed by atoms with Gasteiger partial charge >= 0.3 is 13.5 Å². The van der Waals surface area contributed by atoms with Gasteiger partial charge < -0.3 is 55.8 Å². The average Bonchev–Trinajstić information content (AvgIpc) is 3.14. The Hall–Kier alpha value is -1.75. The summed E-state index contributed by atoms with van der Waals surface area (Å²) >= 11 is 3.83. The fourth-order valence-corrected chi connectivity index (χ4v) is 4.94. The summed E-state index contributed by atoms with van der Waals surface area (Å²) in [5.74, 6) is -0.908.